The highest BCUT2D eigenvalue weighted by atomic mass is 35.5. The second-order valence-electron chi connectivity index (χ2n) is 6.02. The number of halogens is 1. The first-order valence-corrected chi connectivity index (χ1v) is 8.99. The Morgan fingerprint density at radius 1 is 1.22 bits per heavy atom. The summed E-state index contributed by atoms with van der Waals surface area (Å²) in [5, 5.41) is 10.3. The van der Waals surface area contributed by atoms with Crippen molar-refractivity contribution in [3.05, 3.63) is 54.1 Å². The van der Waals surface area contributed by atoms with E-state index < -0.39 is 30.3 Å². The second kappa shape index (κ2) is 9.46. The Labute approximate surface area is 176 Å². The van der Waals surface area contributed by atoms with Crippen LogP contribution in [0.3, 0.4) is 0 Å². The van der Waals surface area contributed by atoms with Gasteiger partial charge < -0.3 is 19.6 Å². The molecule has 0 radical (unpaired) electrons. The van der Waals surface area contributed by atoms with Crippen molar-refractivity contribution in [2.75, 3.05) is 39.1 Å². The molecule has 2 aromatic carbocycles. The summed E-state index contributed by atoms with van der Waals surface area (Å²) in [5.74, 6) is -0.264. The molecule has 0 spiro atoms. The molecule has 0 aromatic heterocycles. The molecule has 2 aromatic rings. The van der Waals surface area contributed by atoms with Gasteiger partial charge in [0.2, 0.25) is 0 Å². The number of para-hydroxylation sites is 1. The minimum atomic E-state index is -2.75. The van der Waals surface area contributed by atoms with Crippen molar-refractivity contribution in [1.82, 2.24) is 4.90 Å². The lowest BCUT2D eigenvalue weighted by molar-refractivity contribution is -0.126. The third-order valence-corrected chi connectivity index (χ3v) is 5.33. The molecule has 0 saturated heterocycles. The molecule has 1 aliphatic rings. The van der Waals surface area contributed by atoms with Crippen LogP contribution in [-0.4, -0.2) is 56.2 Å². The molecule has 0 bridgehead atoms. The molecule has 0 fully saturated rings. The summed E-state index contributed by atoms with van der Waals surface area (Å²) in [6.45, 7) is -5.26. The molecule has 1 aliphatic heterocycles. The van der Waals surface area contributed by atoms with Crippen LogP contribution in [0.4, 0.5) is 5.69 Å². The monoisotopic (exact) mass is 412 g/mol. The van der Waals surface area contributed by atoms with Crippen LogP contribution in [0, 0.1) is 0 Å². The fraction of sp³-hybridized carbons (Fsp3) is 0.350. The van der Waals surface area contributed by atoms with Crippen molar-refractivity contribution in [2.24, 2.45) is 0 Å². The number of carbonyl (C=O) groups excluding carboxylic acids is 1. The van der Waals surface area contributed by atoms with Crippen molar-refractivity contribution in [2.45, 2.75) is 16.2 Å². The number of amides is 1. The summed E-state index contributed by atoms with van der Waals surface area (Å²) < 4.78 is 38.8. The van der Waals surface area contributed by atoms with Gasteiger partial charge in [-0.05, 0) is 43.9 Å². The van der Waals surface area contributed by atoms with E-state index in [1.165, 1.54) is 25.9 Å². The molecular weight excluding hydrogens is 384 g/mol. The Kier molecular flexibility index (Phi) is 5.69. The predicted octanol–water partition coefficient (Wildman–Crippen LogP) is 3.22. The number of hydrogen-bond acceptors (Lipinski definition) is 5. The number of hydrogen-bond donors (Lipinski definition) is 1. The quantitative estimate of drug-likeness (QED) is 0.817. The van der Waals surface area contributed by atoms with Crippen LogP contribution in [0.15, 0.2) is 53.4 Å². The van der Waals surface area contributed by atoms with Crippen LogP contribution < -0.4 is 9.64 Å². The number of likely N-dealkylation sites (N-methyl/N-ethyl adjacent to an activating group) is 1. The maximum absolute atomic E-state index is 13.3. The maximum atomic E-state index is 13.3. The number of aliphatic hydroxyl groups is 1. The van der Waals surface area contributed by atoms with Crippen molar-refractivity contribution < 1.29 is 20.1 Å². The standard InChI is InChI=1S/C20H24N2O3S.ClH/c1-21(2)12-13-22-16-6-4-5-7-17(16)26-19(18(23)20(22)24)14-8-10-15(25-3)11-9-14;/h4-11,18-19,23H,12-13H2,1-3H3;1H/t18-,19+;/m1./s1/i12D2,13D2;. The SMILES string of the molecule is Cl.[2H]C([2H])(N(C)C)C([2H])([2H])N1C(=O)[C@H](O)[C@H](c2ccc(OC)cc2)Sc2ccccc21. The van der Waals surface area contributed by atoms with Crippen molar-refractivity contribution in [3.63, 3.8) is 0 Å². The van der Waals surface area contributed by atoms with Crippen molar-refractivity contribution in [1.29, 1.82) is 0 Å². The fourth-order valence-electron chi connectivity index (χ4n) is 2.63. The number of thioether (sulfide) groups is 1. The highest BCUT2D eigenvalue weighted by Gasteiger charge is 2.37. The highest BCUT2D eigenvalue weighted by molar-refractivity contribution is 7.99. The minimum Gasteiger partial charge on any atom is -0.497 e. The van der Waals surface area contributed by atoms with Gasteiger partial charge in [0.1, 0.15) is 11.9 Å². The van der Waals surface area contributed by atoms with Crippen LogP contribution in [0.25, 0.3) is 0 Å². The molecule has 2 atom stereocenters. The fourth-order valence-corrected chi connectivity index (χ4v) is 3.88. The van der Waals surface area contributed by atoms with E-state index in [1.54, 1.807) is 55.6 Å². The number of carbonyl (C=O) groups is 1. The minimum absolute atomic E-state index is 0. The zero-order valence-corrected chi connectivity index (χ0v) is 16.9. The Morgan fingerprint density at radius 2 is 1.89 bits per heavy atom. The number of ether oxygens (including phenoxy) is 1. The number of aliphatic hydroxyl groups excluding tert-OH is 1. The van der Waals surface area contributed by atoms with Gasteiger partial charge in [0.15, 0.2) is 0 Å². The van der Waals surface area contributed by atoms with E-state index in [4.69, 9.17) is 10.2 Å². The van der Waals surface area contributed by atoms with Crippen molar-refractivity contribution in [3.8, 4) is 5.75 Å². The molecule has 0 unspecified atom stereocenters. The van der Waals surface area contributed by atoms with E-state index in [9.17, 15) is 9.90 Å². The van der Waals surface area contributed by atoms with E-state index in [2.05, 4.69) is 0 Å². The van der Waals surface area contributed by atoms with Gasteiger partial charge in [0.25, 0.3) is 5.91 Å². The number of nitrogens with zero attached hydrogens (tertiary/aromatic N) is 2. The molecule has 0 saturated carbocycles. The van der Waals surface area contributed by atoms with Gasteiger partial charge in [-0.15, -0.1) is 24.2 Å². The Balaban J connectivity index is 0.00000341. The first-order chi connectivity index (χ1) is 14.0. The molecule has 1 N–H and O–H groups in total. The largest absolute Gasteiger partial charge is 0.497 e. The first kappa shape index (κ1) is 16.2. The van der Waals surface area contributed by atoms with Crippen LogP contribution >= 0.6 is 24.2 Å². The Morgan fingerprint density at radius 3 is 2.52 bits per heavy atom. The number of rotatable bonds is 5. The number of methoxy groups -OCH3 is 1. The molecule has 0 aliphatic carbocycles. The lowest BCUT2D eigenvalue weighted by Crippen LogP contribution is -2.43. The van der Waals surface area contributed by atoms with Crippen LogP contribution in [-0.2, 0) is 4.79 Å². The maximum Gasteiger partial charge on any atom is 0.257 e. The molecule has 1 amide bonds. The summed E-state index contributed by atoms with van der Waals surface area (Å²) in [6, 6.07) is 13.7. The topological polar surface area (TPSA) is 53.0 Å². The van der Waals surface area contributed by atoms with E-state index >= 15 is 0 Å². The molecule has 27 heavy (non-hydrogen) atoms. The lowest BCUT2D eigenvalue weighted by atomic mass is 10.1. The van der Waals surface area contributed by atoms with Gasteiger partial charge in [0.05, 0.1) is 20.8 Å². The molecule has 3 rings (SSSR count). The summed E-state index contributed by atoms with van der Waals surface area (Å²) in [7, 11) is 4.34. The molecular formula is C20H25ClN2O3S. The van der Waals surface area contributed by atoms with Gasteiger partial charge in [-0.2, -0.15) is 0 Å². The predicted molar refractivity (Wildman–Crippen MR) is 112 cm³/mol. The van der Waals surface area contributed by atoms with Crippen LogP contribution in [0.2, 0.25) is 0 Å². The van der Waals surface area contributed by atoms with Gasteiger partial charge in [-0.3, -0.25) is 4.79 Å². The highest BCUT2D eigenvalue weighted by Crippen LogP contribution is 2.45. The first-order valence-electron chi connectivity index (χ1n) is 10.1. The Bertz CT molecular complexity index is 931. The number of benzene rings is 2. The zero-order chi connectivity index (χ0) is 22.3. The third-order valence-electron chi connectivity index (χ3n) is 3.95. The van der Waals surface area contributed by atoms with E-state index in [0.29, 0.717) is 16.2 Å². The molecule has 5 nitrogen and oxygen atoms in total. The van der Waals surface area contributed by atoms with Gasteiger partial charge in [0, 0.05) is 20.6 Å². The van der Waals surface area contributed by atoms with Crippen LogP contribution in [0.1, 0.15) is 16.3 Å². The zero-order valence-electron chi connectivity index (χ0n) is 19.2. The summed E-state index contributed by atoms with van der Waals surface area (Å²) in [6.07, 6.45) is -1.58. The van der Waals surface area contributed by atoms with E-state index in [1.807, 2.05) is 0 Å². The second-order valence-corrected chi connectivity index (χ2v) is 7.20. The summed E-state index contributed by atoms with van der Waals surface area (Å²) >= 11 is 1.24. The molecule has 7 heteroatoms. The third kappa shape index (κ3) is 4.76. The van der Waals surface area contributed by atoms with Crippen molar-refractivity contribution >= 4 is 35.8 Å². The van der Waals surface area contributed by atoms with Crippen LogP contribution in [0.5, 0.6) is 5.75 Å². The van der Waals surface area contributed by atoms with Gasteiger partial charge in [-0.25, -0.2) is 0 Å². The van der Waals surface area contributed by atoms with Gasteiger partial charge >= 0.3 is 0 Å². The lowest BCUT2D eigenvalue weighted by Gasteiger charge is -2.26. The van der Waals surface area contributed by atoms with E-state index in [0.717, 1.165) is 9.80 Å². The van der Waals surface area contributed by atoms with E-state index in [-0.39, 0.29) is 18.1 Å². The number of fused-ring (bicyclic) bond motifs is 1. The van der Waals surface area contributed by atoms with Gasteiger partial charge in [-0.1, -0.05) is 24.3 Å². The molecule has 1 heterocycles. The Hall–Kier alpha value is -1.73. The average Bonchev–Trinajstić information content (AvgIpc) is 2.82. The normalized spacial score (nSPS) is 22.6. The summed E-state index contributed by atoms with van der Waals surface area (Å²) in [5.41, 5.74) is 0.896. The smallest absolute Gasteiger partial charge is 0.257 e. The molecule has 146 valence electrons. The number of anilines is 1. The average molecular weight is 413 g/mol. The summed E-state index contributed by atoms with van der Waals surface area (Å²) in [4.78, 5) is 15.7.